The predicted octanol–water partition coefficient (Wildman–Crippen LogP) is 5.20. The molecule has 0 bridgehead atoms. The van der Waals surface area contributed by atoms with Crippen molar-refractivity contribution in [3.8, 4) is 5.75 Å². The van der Waals surface area contributed by atoms with Gasteiger partial charge in [0.15, 0.2) is 5.11 Å². The maximum Gasteiger partial charge on any atom is 0.250 e. The van der Waals surface area contributed by atoms with Crippen molar-refractivity contribution in [3.63, 3.8) is 0 Å². The summed E-state index contributed by atoms with van der Waals surface area (Å²) in [5.41, 5.74) is 2.97. The number of carbonyl (C=O) groups excluding carboxylic acids is 1. The standard InChI is InChI=1S/C23H22N2O2S/c1-15(2)17-9-6-16(7-10-17)8-13-22(27)25-23(28)24-21-5-3-4-18-14-19(26)11-12-20(18)21/h3-15,26H,1-2H3,(H2,24,25,27,28)/b13-8+. The minimum Gasteiger partial charge on any atom is -0.508 e. The molecule has 3 aromatic rings. The zero-order valence-corrected chi connectivity index (χ0v) is 16.6. The molecule has 5 heteroatoms. The number of benzene rings is 3. The second-order valence-corrected chi connectivity index (χ2v) is 7.22. The van der Waals surface area contributed by atoms with Gasteiger partial charge in [-0.05, 0) is 65.0 Å². The molecule has 0 heterocycles. The quantitative estimate of drug-likeness (QED) is 0.423. The van der Waals surface area contributed by atoms with E-state index < -0.39 is 0 Å². The molecule has 3 aromatic carbocycles. The lowest BCUT2D eigenvalue weighted by atomic mass is 10.0. The lowest BCUT2D eigenvalue weighted by Crippen LogP contribution is -2.32. The van der Waals surface area contributed by atoms with E-state index >= 15 is 0 Å². The van der Waals surface area contributed by atoms with Gasteiger partial charge in [-0.15, -0.1) is 0 Å². The summed E-state index contributed by atoms with van der Waals surface area (Å²) >= 11 is 5.25. The fraction of sp³-hybridized carbons (Fsp3) is 0.130. The van der Waals surface area contributed by atoms with Crippen molar-refractivity contribution in [2.75, 3.05) is 5.32 Å². The summed E-state index contributed by atoms with van der Waals surface area (Å²) in [4.78, 5) is 12.1. The predicted molar refractivity (Wildman–Crippen MR) is 120 cm³/mol. The number of rotatable bonds is 4. The van der Waals surface area contributed by atoms with E-state index in [-0.39, 0.29) is 16.8 Å². The molecule has 142 valence electrons. The first-order chi connectivity index (χ1) is 13.4. The van der Waals surface area contributed by atoms with E-state index in [1.165, 1.54) is 11.6 Å². The molecule has 4 nitrogen and oxygen atoms in total. The summed E-state index contributed by atoms with van der Waals surface area (Å²) in [5, 5.41) is 17.3. The highest BCUT2D eigenvalue weighted by Crippen LogP contribution is 2.26. The highest BCUT2D eigenvalue weighted by atomic mass is 32.1. The van der Waals surface area contributed by atoms with Crippen LogP contribution in [0.5, 0.6) is 5.75 Å². The fourth-order valence-corrected chi connectivity index (χ4v) is 3.06. The van der Waals surface area contributed by atoms with Crippen molar-refractivity contribution in [1.82, 2.24) is 5.32 Å². The first-order valence-corrected chi connectivity index (χ1v) is 9.45. The molecular formula is C23H22N2O2S. The molecule has 0 aliphatic carbocycles. The van der Waals surface area contributed by atoms with Crippen LogP contribution in [-0.2, 0) is 4.79 Å². The number of nitrogens with one attached hydrogen (secondary N) is 2. The van der Waals surface area contributed by atoms with Crippen LogP contribution in [0.25, 0.3) is 16.8 Å². The van der Waals surface area contributed by atoms with Crippen LogP contribution < -0.4 is 10.6 Å². The lowest BCUT2D eigenvalue weighted by Gasteiger charge is -2.11. The fourth-order valence-electron chi connectivity index (χ4n) is 2.85. The molecule has 0 radical (unpaired) electrons. The van der Waals surface area contributed by atoms with E-state index in [0.29, 0.717) is 5.92 Å². The maximum atomic E-state index is 12.1. The van der Waals surface area contributed by atoms with Gasteiger partial charge in [0, 0.05) is 17.1 Å². The third-order valence-electron chi connectivity index (χ3n) is 4.38. The monoisotopic (exact) mass is 390 g/mol. The zero-order valence-electron chi connectivity index (χ0n) is 15.8. The van der Waals surface area contributed by atoms with Crippen molar-refractivity contribution in [1.29, 1.82) is 0 Å². The normalized spacial score (nSPS) is 11.1. The molecular weight excluding hydrogens is 368 g/mol. The number of anilines is 1. The summed E-state index contributed by atoms with van der Waals surface area (Å²) in [6, 6.07) is 18.8. The molecule has 0 saturated carbocycles. The van der Waals surface area contributed by atoms with Crippen molar-refractivity contribution >= 4 is 45.8 Å². The van der Waals surface area contributed by atoms with Gasteiger partial charge >= 0.3 is 0 Å². The van der Waals surface area contributed by atoms with Gasteiger partial charge in [0.05, 0.1) is 0 Å². The van der Waals surface area contributed by atoms with E-state index in [9.17, 15) is 9.90 Å². The number of fused-ring (bicyclic) bond motifs is 1. The Hall–Kier alpha value is -3.18. The lowest BCUT2D eigenvalue weighted by molar-refractivity contribution is -0.115. The number of thiocarbonyl (C=S) groups is 1. The summed E-state index contributed by atoms with van der Waals surface area (Å²) < 4.78 is 0. The molecule has 3 N–H and O–H groups in total. The Balaban J connectivity index is 1.62. The molecule has 0 spiro atoms. The van der Waals surface area contributed by atoms with Crippen molar-refractivity contribution in [2.24, 2.45) is 0 Å². The highest BCUT2D eigenvalue weighted by Gasteiger charge is 2.06. The van der Waals surface area contributed by atoms with Crippen LogP contribution in [-0.4, -0.2) is 16.1 Å². The van der Waals surface area contributed by atoms with Gasteiger partial charge in [0.2, 0.25) is 5.91 Å². The number of phenols is 1. The molecule has 0 aromatic heterocycles. The number of amides is 1. The van der Waals surface area contributed by atoms with Gasteiger partial charge < -0.3 is 10.4 Å². The van der Waals surface area contributed by atoms with E-state index in [2.05, 4.69) is 36.6 Å². The Morgan fingerprint density at radius 2 is 1.82 bits per heavy atom. The molecule has 1 amide bonds. The van der Waals surface area contributed by atoms with Gasteiger partial charge in [-0.2, -0.15) is 0 Å². The summed E-state index contributed by atoms with van der Waals surface area (Å²) in [6.07, 6.45) is 3.21. The average molecular weight is 391 g/mol. The van der Waals surface area contributed by atoms with Gasteiger partial charge in [-0.1, -0.05) is 50.2 Å². The van der Waals surface area contributed by atoms with E-state index in [1.807, 2.05) is 30.3 Å². The smallest absolute Gasteiger partial charge is 0.250 e. The van der Waals surface area contributed by atoms with E-state index in [4.69, 9.17) is 12.2 Å². The molecule has 0 atom stereocenters. The first-order valence-electron chi connectivity index (χ1n) is 9.04. The molecule has 0 aliphatic rings. The van der Waals surface area contributed by atoms with Gasteiger partial charge in [0.25, 0.3) is 0 Å². The van der Waals surface area contributed by atoms with Crippen molar-refractivity contribution in [3.05, 3.63) is 77.9 Å². The largest absolute Gasteiger partial charge is 0.508 e. The molecule has 0 unspecified atom stereocenters. The van der Waals surface area contributed by atoms with E-state index in [1.54, 1.807) is 24.3 Å². The summed E-state index contributed by atoms with van der Waals surface area (Å²) in [6.45, 7) is 4.29. The number of aromatic hydroxyl groups is 1. The van der Waals surface area contributed by atoms with Crippen LogP contribution in [0.2, 0.25) is 0 Å². The average Bonchev–Trinajstić information content (AvgIpc) is 2.66. The van der Waals surface area contributed by atoms with Crippen LogP contribution in [0, 0.1) is 0 Å². The van der Waals surface area contributed by atoms with Crippen LogP contribution in [0.4, 0.5) is 5.69 Å². The van der Waals surface area contributed by atoms with Crippen LogP contribution in [0.1, 0.15) is 30.9 Å². The topological polar surface area (TPSA) is 61.4 Å². The molecule has 0 saturated heterocycles. The van der Waals surface area contributed by atoms with Gasteiger partial charge in [-0.3, -0.25) is 10.1 Å². The third kappa shape index (κ3) is 4.96. The molecule has 28 heavy (non-hydrogen) atoms. The maximum absolute atomic E-state index is 12.1. The Morgan fingerprint density at radius 1 is 1.07 bits per heavy atom. The number of carbonyl (C=O) groups is 1. The minimum atomic E-state index is -0.302. The van der Waals surface area contributed by atoms with Gasteiger partial charge in [0.1, 0.15) is 5.75 Å². The minimum absolute atomic E-state index is 0.201. The molecule has 0 fully saturated rings. The summed E-state index contributed by atoms with van der Waals surface area (Å²) in [7, 11) is 0. The van der Waals surface area contributed by atoms with Crippen molar-refractivity contribution < 1.29 is 9.90 Å². The Bertz CT molecular complexity index is 1040. The second kappa shape index (κ2) is 8.67. The Kier molecular flexibility index (Phi) is 6.06. The molecule has 0 aliphatic heterocycles. The van der Waals surface area contributed by atoms with E-state index in [0.717, 1.165) is 22.0 Å². The summed E-state index contributed by atoms with van der Waals surface area (Å²) in [5.74, 6) is 0.373. The SMILES string of the molecule is CC(C)c1ccc(/C=C/C(=O)NC(=S)Nc2cccc3cc(O)ccc23)cc1. The number of hydrogen-bond donors (Lipinski definition) is 3. The van der Waals surface area contributed by atoms with Crippen LogP contribution in [0.15, 0.2) is 66.7 Å². The number of phenolic OH excluding ortho intramolecular Hbond substituents is 1. The zero-order chi connectivity index (χ0) is 20.1. The van der Waals surface area contributed by atoms with Gasteiger partial charge in [-0.25, -0.2) is 0 Å². The Morgan fingerprint density at radius 3 is 2.54 bits per heavy atom. The molecule has 3 rings (SSSR count). The van der Waals surface area contributed by atoms with Crippen molar-refractivity contribution in [2.45, 2.75) is 19.8 Å². The first kappa shape index (κ1) is 19.6. The second-order valence-electron chi connectivity index (χ2n) is 6.81. The third-order valence-corrected chi connectivity index (χ3v) is 4.58. The number of hydrogen-bond acceptors (Lipinski definition) is 3. The highest BCUT2D eigenvalue weighted by molar-refractivity contribution is 7.80. The van der Waals surface area contributed by atoms with Crippen LogP contribution in [0.3, 0.4) is 0 Å². The Labute approximate surface area is 169 Å². The van der Waals surface area contributed by atoms with Crippen LogP contribution >= 0.6 is 12.2 Å².